The maximum atomic E-state index is 12.3. The molecule has 1 aromatic heterocycles. The van der Waals surface area contributed by atoms with Crippen LogP contribution in [-0.2, 0) is 23.0 Å². The quantitative estimate of drug-likeness (QED) is 0.721. The third-order valence-corrected chi connectivity index (χ3v) is 2.99. The predicted molar refractivity (Wildman–Crippen MR) is 70.8 cm³/mol. The van der Waals surface area contributed by atoms with Crippen LogP contribution in [-0.4, -0.2) is 46.8 Å². The lowest BCUT2D eigenvalue weighted by atomic mass is 10.2. The lowest BCUT2D eigenvalue weighted by molar-refractivity contribution is -0.140. The Kier molecular flexibility index (Phi) is 5.54. The first kappa shape index (κ1) is 15.2. The number of methoxy groups -OCH3 is 1. The molecule has 1 aromatic rings. The minimum absolute atomic E-state index is 0.110. The van der Waals surface area contributed by atoms with Crippen LogP contribution in [0.25, 0.3) is 0 Å². The molecule has 0 aliphatic carbocycles. The maximum Gasteiger partial charge on any atom is 0.307 e. The number of rotatable bonds is 6. The van der Waals surface area contributed by atoms with E-state index >= 15 is 0 Å². The van der Waals surface area contributed by atoms with Gasteiger partial charge in [-0.2, -0.15) is 5.10 Å². The highest BCUT2D eigenvalue weighted by Crippen LogP contribution is 2.08. The lowest BCUT2D eigenvalue weighted by Gasteiger charge is -2.20. The zero-order chi connectivity index (χ0) is 14.4. The molecule has 1 amide bonds. The number of amides is 1. The molecule has 1 rings (SSSR count). The molecule has 0 fully saturated rings. The topological polar surface area (TPSA) is 64.4 Å². The van der Waals surface area contributed by atoms with Crippen molar-refractivity contribution in [2.24, 2.45) is 7.05 Å². The Morgan fingerprint density at radius 2 is 2.11 bits per heavy atom. The third kappa shape index (κ3) is 3.81. The fraction of sp³-hybridized carbons (Fsp3) is 0.615. The van der Waals surface area contributed by atoms with Crippen LogP contribution in [0.15, 0.2) is 6.07 Å². The zero-order valence-corrected chi connectivity index (χ0v) is 12.0. The first-order valence-corrected chi connectivity index (χ1v) is 6.42. The Hall–Kier alpha value is -1.85. The Labute approximate surface area is 113 Å². The number of esters is 1. The van der Waals surface area contributed by atoms with Crippen LogP contribution in [0.3, 0.4) is 0 Å². The van der Waals surface area contributed by atoms with Crippen LogP contribution in [0.4, 0.5) is 0 Å². The minimum atomic E-state index is -0.314. The van der Waals surface area contributed by atoms with E-state index in [1.54, 1.807) is 22.7 Å². The van der Waals surface area contributed by atoms with Gasteiger partial charge < -0.3 is 9.64 Å². The van der Waals surface area contributed by atoms with E-state index in [9.17, 15) is 9.59 Å². The van der Waals surface area contributed by atoms with Gasteiger partial charge in [0.2, 0.25) is 0 Å². The molecule has 0 radical (unpaired) electrons. The molecule has 1 heterocycles. The summed E-state index contributed by atoms with van der Waals surface area (Å²) in [4.78, 5) is 25.1. The molecule has 19 heavy (non-hydrogen) atoms. The highest BCUT2D eigenvalue weighted by molar-refractivity contribution is 5.92. The summed E-state index contributed by atoms with van der Waals surface area (Å²) in [5, 5.41) is 4.26. The Bertz CT molecular complexity index is 454. The molecule has 0 saturated heterocycles. The van der Waals surface area contributed by atoms with E-state index in [0.29, 0.717) is 18.8 Å². The van der Waals surface area contributed by atoms with Crippen molar-refractivity contribution in [3.63, 3.8) is 0 Å². The number of aromatic nitrogens is 2. The Morgan fingerprint density at radius 1 is 1.42 bits per heavy atom. The van der Waals surface area contributed by atoms with E-state index in [-0.39, 0.29) is 18.3 Å². The van der Waals surface area contributed by atoms with Gasteiger partial charge in [-0.1, -0.05) is 6.92 Å². The molecule has 106 valence electrons. The monoisotopic (exact) mass is 267 g/mol. The summed E-state index contributed by atoms with van der Waals surface area (Å²) < 4.78 is 6.17. The molecular formula is C13H21N3O3. The van der Waals surface area contributed by atoms with E-state index in [2.05, 4.69) is 9.84 Å². The SMILES string of the molecule is CCc1cc(C(=O)N(CC)CCC(=O)OC)n(C)n1. The van der Waals surface area contributed by atoms with E-state index in [1.807, 2.05) is 13.8 Å². The van der Waals surface area contributed by atoms with Crippen molar-refractivity contribution in [2.75, 3.05) is 20.2 Å². The van der Waals surface area contributed by atoms with Crippen molar-refractivity contribution in [2.45, 2.75) is 26.7 Å². The van der Waals surface area contributed by atoms with Gasteiger partial charge in [-0.15, -0.1) is 0 Å². The highest BCUT2D eigenvalue weighted by Gasteiger charge is 2.19. The summed E-state index contributed by atoms with van der Waals surface area (Å²) in [6.45, 7) is 4.77. The zero-order valence-electron chi connectivity index (χ0n) is 12.0. The summed E-state index contributed by atoms with van der Waals surface area (Å²) >= 11 is 0. The molecule has 0 unspecified atom stereocenters. The number of aryl methyl sites for hydroxylation is 2. The van der Waals surface area contributed by atoms with Gasteiger partial charge in [0, 0.05) is 20.1 Å². The fourth-order valence-electron chi connectivity index (χ4n) is 1.79. The summed E-state index contributed by atoms with van der Waals surface area (Å²) in [5.74, 6) is -0.424. The summed E-state index contributed by atoms with van der Waals surface area (Å²) in [6.07, 6.45) is 0.990. The average Bonchev–Trinajstić information content (AvgIpc) is 2.80. The van der Waals surface area contributed by atoms with Gasteiger partial charge in [-0.05, 0) is 19.4 Å². The largest absolute Gasteiger partial charge is 0.469 e. The molecule has 0 spiro atoms. The van der Waals surface area contributed by atoms with Gasteiger partial charge in [0.05, 0.1) is 19.2 Å². The van der Waals surface area contributed by atoms with Gasteiger partial charge in [0.25, 0.3) is 5.91 Å². The van der Waals surface area contributed by atoms with E-state index < -0.39 is 0 Å². The molecule has 0 N–H and O–H groups in total. The standard InChI is InChI=1S/C13H21N3O3/c1-5-10-9-11(15(3)14-10)13(18)16(6-2)8-7-12(17)19-4/h9H,5-8H2,1-4H3. The van der Waals surface area contributed by atoms with Crippen molar-refractivity contribution in [1.82, 2.24) is 14.7 Å². The summed E-state index contributed by atoms with van der Waals surface area (Å²) in [7, 11) is 3.09. The predicted octanol–water partition coefficient (Wildman–Crippen LogP) is 1.01. The van der Waals surface area contributed by atoms with Gasteiger partial charge in [-0.25, -0.2) is 0 Å². The number of carbonyl (C=O) groups excluding carboxylic acids is 2. The van der Waals surface area contributed by atoms with Crippen molar-refractivity contribution >= 4 is 11.9 Å². The van der Waals surface area contributed by atoms with Crippen LogP contribution in [0.1, 0.15) is 36.5 Å². The first-order chi connectivity index (χ1) is 9.03. The number of hydrogen-bond donors (Lipinski definition) is 0. The Balaban J connectivity index is 2.77. The third-order valence-electron chi connectivity index (χ3n) is 2.99. The Morgan fingerprint density at radius 3 is 2.58 bits per heavy atom. The van der Waals surface area contributed by atoms with Crippen LogP contribution in [0.5, 0.6) is 0 Å². The van der Waals surface area contributed by atoms with Crippen molar-refractivity contribution in [3.05, 3.63) is 17.5 Å². The molecule has 0 atom stereocenters. The highest BCUT2D eigenvalue weighted by atomic mass is 16.5. The van der Waals surface area contributed by atoms with Gasteiger partial charge >= 0.3 is 5.97 Å². The molecule has 0 saturated carbocycles. The second-order valence-corrected chi connectivity index (χ2v) is 4.21. The molecule has 6 heteroatoms. The van der Waals surface area contributed by atoms with E-state index in [0.717, 1.165) is 12.1 Å². The minimum Gasteiger partial charge on any atom is -0.469 e. The van der Waals surface area contributed by atoms with E-state index in [4.69, 9.17) is 0 Å². The van der Waals surface area contributed by atoms with Crippen LogP contribution >= 0.6 is 0 Å². The maximum absolute atomic E-state index is 12.3. The number of carbonyl (C=O) groups is 2. The van der Waals surface area contributed by atoms with Crippen LogP contribution in [0.2, 0.25) is 0 Å². The number of hydrogen-bond acceptors (Lipinski definition) is 4. The average molecular weight is 267 g/mol. The molecule has 0 aromatic carbocycles. The summed E-state index contributed by atoms with van der Waals surface area (Å²) in [5.41, 5.74) is 1.43. The number of nitrogens with zero attached hydrogens (tertiary/aromatic N) is 3. The fourth-order valence-corrected chi connectivity index (χ4v) is 1.79. The second kappa shape index (κ2) is 6.92. The smallest absolute Gasteiger partial charge is 0.307 e. The van der Waals surface area contributed by atoms with E-state index in [1.165, 1.54) is 7.11 Å². The van der Waals surface area contributed by atoms with Crippen LogP contribution < -0.4 is 0 Å². The van der Waals surface area contributed by atoms with Crippen molar-refractivity contribution in [1.29, 1.82) is 0 Å². The molecule has 0 aliphatic rings. The molecule has 6 nitrogen and oxygen atoms in total. The van der Waals surface area contributed by atoms with Crippen LogP contribution in [0, 0.1) is 0 Å². The first-order valence-electron chi connectivity index (χ1n) is 6.42. The molecule has 0 aliphatic heterocycles. The lowest BCUT2D eigenvalue weighted by Crippen LogP contribution is -2.34. The molecule has 0 bridgehead atoms. The van der Waals surface area contributed by atoms with Crippen molar-refractivity contribution < 1.29 is 14.3 Å². The van der Waals surface area contributed by atoms with Gasteiger partial charge in [0.1, 0.15) is 5.69 Å². The molecular weight excluding hydrogens is 246 g/mol. The normalized spacial score (nSPS) is 10.3. The summed E-state index contributed by atoms with van der Waals surface area (Å²) in [6, 6.07) is 1.79. The van der Waals surface area contributed by atoms with Gasteiger partial charge in [0.15, 0.2) is 0 Å². The number of ether oxygens (including phenoxy) is 1. The van der Waals surface area contributed by atoms with Gasteiger partial charge in [-0.3, -0.25) is 14.3 Å². The van der Waals surface area contributed by atoms with Crippen molar-refractivity contribution in [3.8, 4) is 0 Å². The second-order valence-electron chi connectivity index (χ2n) is 4.21.